The van der Waals surface area contributed by atoms with Crippen LogP contribution in [0.2, 0.25) is 0 Å². The topological polar surface area (TPSA) is 30.4 Å². The average Bonchev–Trinajstić information content (AvgIpc) is 3.71. The van der Waals surface area contributed by atoms with E-state index in [4.69, 9.17) is 4.42 Å². The molecule has 0 spiro atoms. The molecule has 6 aromatic carbocycles. The molecule has 196 valence electrons. The van der Waals surface area contributed by atoms with Crippen molar-refractivity contribution in [2.75, 3.05) is 0 Å². The Kier molecular flexibility index (Phi) is 4.90. The second-order valence-electron chi connectivity index (χ2n) is 10.8. The minimum Gasteiger partial charge on any atom is -0.455 e. The van der Waals surface area contributed by atoms with Crippen LogP contribution in [0.5, 0.6) is 0 Å². The van der Waals surface area contributed by atoms with Crippen molar-refractivity contribution in [3.05, 3.63) is 146 Å². The van der Waals surface area contributed by atoms with Gasteiger partial charge in [0.05, 0.1) is 5.52 Å². The van der Waals surface area contributed by atoms with E-state index in [0.717, 1.165) is 44.2 Å². The highest BCUT2D eigenvalue weighted by Gasteiger charge is 2.13. The molecule has 9 aromatic rings. The van der Waals surface area contributed by atoms with Gasteiger partial charge in [0.1, 0.15) is 16.8 Å². The van der Waals surface area contributed by atoms with E-state index >= 15 is 0 Å². The molecule has 3 aromatic heterocycles. The molecule has 0 atom stereocenters. The first-order valence-corrected chi connectivity index (χ1v) is 14.2. The Hall–Kier alpha value is -5.67. The largest absolute Gasteiger partial charge is 0.455 e. The molecule has 0 N–H and O–H groups in total. The first-order valence-electron chi connectivity index (χ1n) is 14.2. The summed E-state index contributed by atoms with van der Waals surface area (Å²) < 4.78 is 8.47. The molecule has 3 heteroatoms. The van der Waals surface area contributed by atoms with Crippen molar-refractivity contribution < 1.29 is 4.42 Å². The summed E-state index contributed by atoms with van der Waals surface area (Å²) in [5.41, 5.74) is 11.0. The maximum Gasteiger partial charge on any atom is 0.145 e. The molecule has 3 heterocycles. The third kappa shape index (κ3) is 3.44. The van der Waals surface area contributed by atoms with Gasteiger partial charge in [0.15, 0.2) is 0 Å². The summed E-state index contributed by atoms with van der Waals surface area (Å²) in [4.78, 5) is 4.63. The summed E-state index contributed by atoms with van der Waals surface area (Å²) in [6, 6.07) is 47.5. The normalized spacial score (nSPS) is 11.8. The summed E-state index contributed by atoms with van der Waals surface area (Å²) in [5.74, 6) is 0. The molecule has 9 rings (SSSR count). The van der Waals surface area contributed by atoms with Gasteiger partial charge >= 0.3 is 0 Å². The van der Waals surface area contributed by atoms with E-state index in [-0.39, 0.29) is 0 Å². The summed E-state index contributed by atoms with van der Waals surface area (Å²) in [6.45, 7) is 0. The molecule has 0 fully saturated rings. The maximum absolute atomic E-state index is 6.29. The van der Waals surface area contributed by atoms with Crippen LogP contribution in [0.15, 0.2) is 150 Å². The SMILES string of the molecule is c1cc(-c2ccc(-c3cccc4c3oc3ccccc34)cc2)cc(-c2ccc3c(c2)c2ccccc2c2nccn32)c1. The molecule has 0 aliphatic heterocycles. The zero-order valence-electron chi connectivity index (χ0n) is 22.7. The van der Waals surface area contributed by atoms with Gasteiger partial charge in [-0.3, -0.25) is 4.40 Å². The van der Waals surface area contributed by atoms with Crippen LogP contribution in [0.4, 0.5) is 0 Å². The van der Waals surface area contributed by atoms with Crippen molar-refractivity contribution in [2.24, 2.45) is 0 Å². The Morgan fingerprint density at radius 1 is 0.476 bits per heavy atom. The molecule has 0 saturated carbocycles. The second-order valence-corrected chi connectivity index (χ2v) is 10.8. The molecule has 0 unspecified atom stereocenters. The van der Waals surface area contributed by atoms with Crippen molar-refractivity contribution in [1.82, 2.24) is 9.38 Å². The second kappa shape index (κ2) is 8.92. The van der Waals surface area contributed by atoms with Crippen molar-refractivity contribution in [3.63, 3.8) is 0 Å². The number of aromatic nitrogens is 2. The molecule has 0 aliphatic rings. The molecule has 0 amide bonds. The van der Waals surface area contributed by atoms with Gasteiger partial charge in [-0.15, -0.1) is 0 Å². The minimum atomic E-state index is 0.921. The molecular formula is C39H24N2O. The van der Waals surface area contributed by atoms with Crippen molar-refractivity contribution in [2.45, 2.75) is 0 Å². The van der Waals surface area contributed by atoms with Gasteiger partial charge in [-0.25, -0.2) is 4.98 Å². The lowest BCUT2D eigenvalue weighted by atomic mass is 9.95. The summed E-state index contributed by atoms with van der Waals surface area (Å²) >= 11 is 0. The van der Waals surface area contributed by atoms with Crippen molar-refractivity contribution >= 4 is 49.3 Å². The van der Waals surface area contributed by atoms with E-state index in [2.05, 4.69) is 131 Å². The zero-order valence-corrected chi connectivity index (χ0v) is 22.7. The van der Waals surface area contributed by atoms with Crippen LogP contribution in [0, 0.1) is 0 Å². The van der Waals surface area contributed by atoms with E-state index in [1.165, 1.54) is 38.4 Å². The van der Waals surface area contributed by atoms with E-state index < -0.39 is 0 Å². The minimum absolute atomic E-state index is 0.921. The first-order chi connectivity index (χ1) is 20.8. The molecule has 0 radical (unpaired) electrons. The van der Waals surface area contributed by atoms with E-state index in [1.807, 2.05) is 24.5 Å². The fraction of sp³-hybridized carbons (Fsp3) is 0. The third-order valence-electron chi connectivity index (χ3n) is 8.48. The molecule has 0 saturated heterocycles. The van der Waals surface area contributed by atoms with Crippen LogP contribution in [0.25, 0.3) is 82.6 Å². The number of benzene rings is 6. The number of fused-ring (bicyclic) bond motifs is 9. The molecular weight excluding hydrogens is 512 g/mol. The standard InChI is InChI=1S/C39H24N2O/c1-2-11-34-31(9-1)35-24-29(19-20-36(35)41-22-21-40-39(34)41)28-8-5-7-27(23-28)25-15-17-26(18-16-25)30-12-6-13-33-32-10-3-4-14-37(32)42-38(30)33/h1-24H. The van der Waals surface area contributed by atoms with E-state index in [9.17, 15) is 0 Å². The Balaban J connectivity index is 1.12. The summed E-state index contributed by atoms with van der Waals surface area (Å²) in [7, 11) is 0. The Morgan fingerprint density at radius 2 is 1.14 bits per heavy atom. The molecule has 3 nitrogen and oxygen atoms in total. The van der Waals surface area contributed by atoms with Gasteiger partial charge in [0, 0.05) is 39.5 Å². The van der Waals surface area contributed by atoms with Gasteiger partial charge in [-0.2, -0.15) is 0 Å². The maximum atomic E-state index is 6.29. The van der Waals surface area contributed by atoms with Gasteiger partial charge < -0.3 is 4.42 Å². The lowest BCUT2D eigenvalue weighted by molar-refractivity contribution is 0.670. The average molecular weight is 537 g/mol. The van der Waals surface area contributed by atoms with Crippen LogP contribution in [0.3, 0.4) is 0 Å². The summed E-state index contributed by atoms with van der Waals surface area (Å²) in [6.07, 6.45) is 3.92. The highest BCUT2D eigenvalue weighted by atomic mass is 16.3. The highest BCUT2D eigenvalue weighted by Crippen LogP contribution is 2.37. The number of furan rings is 1. The number of imidazole rings is 1. The predicted molar refractivity (Wildman–Crippen MR) is 174 cm³/mol. The molecule has 0 bridgehead atoms. The van der Waals surface area contributed by atoms with Crippen LogP contribution in [0.1, 0.15) is 0 Å². The van der Waals surface area contributed by atoms with Crippen molar-refractivity contribution in [1.29, 1.82) is 0 Å². The number of para-hydroxylation sites is 2. The summed E-state index contributed by atoms with van der Waals surface area (Å²) in [5, 5.41) is 5.91. The van der Waals surface area contributed by atoms with E-state index in [1.54, 1.807) is 0 Å². The van der Waals surface area contributed by atoms with Crippen LogP contribution >= 0.6 is 0 Å². The lowest BCUT2D eigenvalue weighted by Crippen LogP contribution is -1.91. The number of nitrogens with zero attached hydrogens (tertiary/aromatic N) is 2. The Bertz CT molecular complexity index is 2460. The van der Waals surface area contributed by atoms with Crippen LogP contribution in [-0.2, 0) is 0 Å². The molecule has 42 heavy (non-hydrogen) atoms. The van der Waals surface area contributed by atoms with Gasteiger partial charge in [0.25, 0.3) is 0 Å². The third-order valence-corrected chi connectivity index (χ3v) is 8.48. The van der Waals surface area contributed by atoms with Gasteiger partial charge in [-0.1, -0.05) is 109 Å². The Morgan fingerprint density at radius 3 is 2.02 bits per heavy atom. The van der Waals surface area contributed by atoms with Crippen LogP contribution < -0.4 is 0 Å². The fourth-order valence-electron chi connectivity index (χ4n) is 6.45. The van der Waals surface area contributed by atoms with Gasteiger partial charge in [-0.05, 0) is 57.5 Å². The number of hydrogen-bond acceptors (Lipinski definition) is 2. The predicted octanol–water partition coefficient (Wildman–Crippen LogP) is 10.5. The fourth-order valence-corrected chi connectivity index (χ4v) is 6.45. The highest BCUT2D eigenvalue weighted by molar-refractivity contribution is 6.12. The van der Waals surface area contributed by atoms with Gasteiger partial charge in [0.2, 0.25) is 0 Å². The quantitative estimate of drug-likeness (QED) is 0.210. The van der Waals surface area contributed by atoms with Crippen LogP contribution in [-0.4, -0.2) is 9.38 Å². The Labute approximate surface area is 241 Å². The first kappa shape index (κ1) is 23.1. The zero-order chi connectivity index (χ0) is 27.6. The number of hydrogen-bond donors (Lipinski definition) is 0. The monoisotopic (exact) mass is 536 g/mol. The number of pyridine rings is 1. The smallest absolute Gasteiger partial charge is 0.145 e. The van der Waals surface area contributed by atoms with E-state index in [0.29, 0.717) is 0 Å². The molecule has 0 aliphatic carbocycles. The van der Waals surface area contributed by atoms with Crippen molar-refractivity contribution in [3.8, 4) is 33.4 Å². The number of rotatable bonds is 3. The lowest BCUT2D eigenvalue weighted by Gasteiger charge is -2.11.